The highest BCUT2D eigenvalue weighted by Crippen LogP contribution is 2.22. The van der Waals surface area contributed by atoms with Gasteiger partial charge in [0.15, 0.2) is 0 Å². The molecule has 1 heterocycles. The zero-order chi connectivity index (χ0) is 19.2. The summed E-state index contributed by atoms with van der Waals surface area (Å²) in [6.45, 7) is 5.76. The first-order valence-electron chi connectivity index (χ1n) is 9.14. The molecule has 0 unspecified atom stereocenters. The van der Waals surface area contributed by atoms with E-state index in [9.17, 15) is 4.79 Å². The van der Waals surface area contributed by atoms with Crippen LogP contribution in [0.5, 0.6) is 0 Å². The number of fused-ring (bicyclic) bond motifs is 1. The van der Waals surface area contributed by atoms with Crippen LogP contribution in [0.4, 0.5) is 4.79 Å². The van der Waals surface area contributed by atoms with Gasteiger partial charge in [0.05, 0.1) is 12.1 Å². The summed E-state index contributed by atoms with van der Waals surface area (Å²) < 4.78 is 0. The second kappa shape index (κ2) is 8.87. The second-order valence-electron chi connectivity index (χ2n) is 7.05. The predicted octanol–water partition coefficient (Wildman–Crippen LogP) is 5.26. The number of urea groups is 1. The zero-order valence-electron chi connectivity index (χ0n) is 15.7. The molecule has 3 rings (SSSR count). The van der Waals surface area contributed by atoms with Gasteiger partial charge in [-0.3, -0.25) is 0 Å². The molecule has 0 atom stereocenters. The Hall–Kier alpha value is -2.59. The van der Waals surface area contributed by atoms with Crippen LogP contribution in [-0.2, 0) is 13.1 Å². The number of amides is 2. The minimum atomic E-state index is -0.100. The predicted molar refractivity (Wildman–Crippen MR) is 111 cm³/mol. The van der Waals surface area contributed by atoms with Crippen LogP contribution in [0.3, 0.4) is 0 Å². The number of rotatable bonds is 6. The van der Waals surface area contributed by atoms with Gasteiger partial charge >= 0.3 is 6.03 Å². The summed E-state index contributed by atoms with van der Waals surface area (Å²) >= 11 is 6.39. The molecule has 2 aromatic carbocycles. The third-order valence-corrected chi connectivity index (χ3v) is 4.60. The molecule has 1 N–H and O–H groups in total. The van der Waals surface area contributed by atoms with Crippen molar-refractivity contribution < 1.29 is 4.79 Å². The Kier molecular flexibility index (Phi) is 6.30. The van der Waals surface area contributed by atoms with Crippen molar-refractivity contribution in [3.63, 3.8) is 0 Å². The molecule has 27 heavy (non-hydrogen) atoms. The Labute approximate surface area is 165 Å². The highest BCUT2D eigenvalue weighted by Gasteiger charge is 2.17. The van der Waals surface area contributed by atoms with Crippen molar-refractivity contribution >= 4 is 28.5 Å². The van der Waals surface area contributed by atoms with E-state index in [1.54, 1.807) is 4.90 Å². The molecule has 2 amide bonds. The quantitative estimate of drug-likeness (QED) is 0.592. The molecule has 0 aliphatic rings. The van der Waals surface area contributed by atoms with Crippen LogP contribution in [0, 0.1) is 5.92 Å². The molecule has 0 spiro atoms. The molecule has 0 aliphatic heterocycles. The van der Waals surface area contributed by atoms with Gasteiger partial charge in [-0.1, -0.05) is 74.0 Å². The number of nitrogens with one attached hydrogen (secondary N) is 1. The van der Waals surface area contributed by atoms with E-state index in [4.69, 9.17) is 11.6 Å². The van der Waals surface area contributed by atoms with Gasteiger partial charge in [-0.15, -0.1) is 0 Å². The Balaban J connectivity index is 1.76. The Bertz CT molecular complexity index is 912. The lowest BCUT2D eigenvalue weighted by atomic mass is 10.1. The van der Waals surface area contributed by atoms with Crippen molar-refractivity contribution in [3.05, 3.63) is 76.9 Å². The number of aromatic nitrogens is 1. The smallest absolute Gasteiger partial charge is 0.317 e. The van der Waals surface area contributed by atoms with Gasteiger partial charge in [0.25, 0.3) is 0 Å². The molecule has 4 nitrogen and oxygen atoms in total. The maximum Gasteiger partial charge on any atom is 0.317 e. The van der Waals surface area contributed by atoms with E-state index in [0.29, 0.717) is 30.7 Å². The number of carbonyl (C=O) groups is 1. The van der Waals surface area contributed by atoms with Gasteiger partial charge in [0.1, 0.15) is 5.15 Å². The van der Waals surface area contributed by atoms with Crippen molar-refractivity contribution in [2.75, 3.05) is 6.54 Å². The number of pyridine rings is 1. The topological polar surface area (TPSA) is 45.2 Å². The number of hydrogen-bond acceptors (Lipinski definition) is 2. The van der Waals surface area contributed by atoms with Crippen LogP contribution >= 0.6 is 11.6 Å². The summed E-state index contributed by atoms with van der Waals surface area (Å²) in [5.74, 6) is 0.347. The number of hydrogen-bond donors (Lipinski definition) is 1. The molecular formula is C22H24ClN3O. The first-order chi connectivity index (χ1) is 13.0. The molecule has 3 aromatic rings. The van der Waals surface area contributed by atoms with Crippen molar-refractivity contribution in [2.24, 2.45) is 5.92 Å². The molecule has 0 saturated carbocycles. The van der Waals surface area contributed by atoms with Crippen molar-refractivity contribution in [3.8, 4) is 0 Å². The van der Waals surface area contributed by atoms with Gasteiger partial charge < -0.3 is 10.2 Å². The number of nitrogens with zero attached hydrogens (tertiary/aromatic N) is 2. The molecule has 0 radical (unpaired) electrons. The van der Waals surface area contributed by atoms with Crippen LogP contribution in [0.1, 0.15) is 25.0 Å². The van der Waals surface area contributed by atoms with E-state index in [1.807, 2.05) is 60.7 Å². The van der Waals surface area contributed by atoms with Gasteiger partial charge in [-0.05, 0) is 23.6 Å². The van der Waals surface area contributed by atoms with E-state index in [0.717, 1.165) is 22.0 Å². The monoisotopic (exact) mass is 381 g/mol. The lowest BCUT2D eigenvalue weighted by molar-refractivity contribution is 0.187. The minimum Gasteiger partial charge on any atom is -0.334 e. The van der Waals surface area contributed by atoms with Crippen LogP contribution in [0.2, 0.25) is 5.15 Å². The van der Waals surface area contributed by atoms with Crippen molar-refractivity contribution in [2.45, 2.75) is 26.9 Å². The Morgan fingerprint density at radius 2 is 1.81 bits per heavy atom. The molecule has 0 fully saturated rings. The SMILES string of the molecule is CC(C)CN(Cc1cc2ccccc2nc1Cl)C(=O)NCc1ccccc1. The summed E-state index contributed by atoms with van der Waals surface area (Å²) in [7, 11) is 0. The highest BCUT2D eigenvalue weighted by molar-refractivity contribution is 6.30. The van der Waals surface area contributed by atoms with Crippen molar-refractivity contribution in [1.29, 1.82) is 0 Å². The normalized spacial score (nSPS) is 11.0. The van der Waals surface area contributed by atoms with E-state index >= 15 is 0 Å². The third-order valence-electron chi connectivity index (χ3n) is 4.27. The van der Waals surface area contributed by atoms with Gasteiger partial charge in [0, 0.05) is 24.0 Å². The number of para-hydroxylation sites is 1. The van der Waals surface area contributed by atoms with E-state index in [2.05, 4.69) is 24.1 Å². The first-order valence-corrected chi connectivity index (χ1v) is 9.51. The highest BCUT2D eigenvalue weighted by atomic mass is 35.5. The number of carbonyl (C=O) groups excluding carboxylic acids is 1. The minimum absolute atomic E-state index is 0.100. The van der Waals surface area contributed by atoms with Crippen LogP contribution in [-0.4, -0.2) is 22.5 Å². The van der Waals surface area contributed by atoms with E-state index in [-0.39, 0.29) is 6.03 Å². The van der Waals surface area contributed by atoms with E-state index < -0.39 is 0 Å². The maximum absolute atomic E-state index is 12.8. The number of benzene rings is 2. The fourth-order valence-electron chi connectivity index (χ4n) is 3.00. The number of halogens is 1. The molecule has 5 heteroatoms. The van der Waals surface area contributed by atoms with Gasteiger partial charge in [0.2, 0.25) is 0 Å². The molecule has 1 aromatic heterocycles. The van der Waals surface area contributed by atoms with Gasteiger partial charge in [-0.25, -0.2) is 9.78 Å². The fraction of sp³-hybridized carbons (Fsp3) is 0.273. The molecule has 0 bridgehead atoms. The zero-order valence-corrected chi connectivity index (χ0v) is 16.4. The second-order valence-corrected chi connectivity index (χ2v) is 7.41. The van der Waals surface area contributed by atoms with Crippen molar-refractivity contribution in [1.82, 2.24) is 15.2 Å². The largest absolute Gasteiger partial charge is 0.334 e. The van der Waals surface area contributed by atoms with E-state index in [1.165, 1.54) is 0 Å². The Morgan fingerprint density at radius 1 is 1.11 bits per heavy atom. The average Bonchev–Trinajstić information content (AvgIpc) is 2.66. The Morgan fingerprint density at radius 3 is 2.56 bits per heavy atom. The maximum atomic E-state index is 12.8. The molecule has 0 aliphatic carbocycles. The standard InChI is InChI=1S/C22H24ClN3O/c1-16(2)14-26(22(27)24-13-17-8-4-3-5-9-17)15-19-12-18-10-6-7-11-20(18)25-21(19)23/h3-12,16H,13-15H2,1-2H3,(H,24,27). The summed E-state index contributed by atoms with van der Waals surface area (Å²) in [6.07, 6.45) is 0. The third kappa shape index (κ3) is 5.20. The molecular weight excluding hydrogens is 358 g/mol. The summed E-state index contributed by atoms with van der Waals surface area (Å²) in [6, 6.07) is 19.7. The average molecular weight is 382 g/mol. The lowest BCUT2D eigenvalue weighted by Crippen LogP contribution is -2.41. The lowest BCUT2D eigenvalue weighted by Gasteiger charge is -2.25. The van der Waals surface area contributed by atoms with Crippen LogP contribution < -0.4 is 5.32 Å². The van der Waals surface area contributed by atoms with Crippen LogP contribution in [0.25, 0.3) is 10.9 Å². The van der Waals surface area contributed by atoms with Gasteiger partial charge in [-0.2, -0.15) is 0 Å². The molecule has 140 valence electrons. The summed E-state index contributed by atoms with van der Waals surface area (Å²) in [4.78, 5) is 19.0. The summed E-state index contributed by atoms with van der Waals surface area (Å²) in [5, 5.41) is 4.47. The molecule has 0 saturated heterocycles. The fourth-order valence-corrected chi connectivity index (χ4v) is 3.20. The first kappa shape index (κ1) is 19.2. The summed E-state index contributed by atoms with van der Waals surface area (Å²) in [5.41, 5.74) is 2.78. The van der Waals surface area contributed by atoms with Crippen LogP contribution in [0.15, 0.2) is 60.7 Å².